The van der Waals surface area contributed by atoms with Crippen molar-refractivity contribution in [1.29, 1.82) is 0 Å². The number of nitrogens with one attached hydrogen (secondary N) is 1. The summed E-state index contributed by atoms with van der Waals surface area (Å²) in [4.78, 5) is 0. The molecule has 1 saturated carbocycles. The summed E-state index contributed by atoms with van der Waals surface area (Å²) in [7, 11) is 0. The van der Waals surface area contributed by atoms with Crippen LogP contribution in [0.4, 0.5) is 0 Å². The van der Waals surface area contributed by atoms with E-state index < -0.39 is 0 Å². The maximum Gasteiger partial charge on any atom is 0.122 e. The van der Waals surface area contributed by atoms with Crippen LogP contribution in [-0.2, 0) is 12.8 Å². The van der Waals surface area contributed by atoms with Gasteiger partial charge in [-0.15, -0.1) is 0 Å². The van der Waals surface area contributed by atoms with Crippen molar-refractivity contribution in [3.63, 3.8) is 0 Å². The van der Waals surface area contributed by atoms with Gasteiger partial charge in [0.25, 0.3) is 0 Å². The molecule has 3 N–H and O–H groups in total. The molecule has 0 aliphatic heterocycles. The van der Waals surface area contributed by atoms with E-state index in [-0.39, 0.29) is 11.5 Å². The van der Waals surface area contributed by atoms with Crippen molar-refractivity contribution < 1.29 is 10.2 Å². The minimum Gasteiger partial charge on any atom is -0.508 e. The smallest absolute Gasteiger partial charge is 0.122 e. The number of hydrogen-bond donors (Lipinski definition) is 3. The number of rotatable bonds is 2. The monoisotopic (exact) mass is 233 g/mol. The molecule has 3 heteroatoms. The molecule has 2 aliphatic rings. The first-order valence-corrected chi connectivity index (χ1v) is 6.52. The molecule has 2 aliphatic carbocycles. The Morgan fingerprint density at radius 1 is 1.00 bits per heavy atom. The lowest BCUT2D eigenvalue weighted by Gasteiger charge is -2.17. The normalized spacial score (nSPS) is 24.1. The molecule has 0 radical (unpaired) electrons. The van der Waals surface area contributed by atoms with Gasteiger partial charge in [-0.2, -0.15) is 0 Å². The number of phenols is 2. The van der Waals surface area contributed by atoms with Crippen molar-refractivity contribution in [2.75, 3.05) is 0 Å². The van der Waals surface area contributed by atoms with Gasteiger partial charge in [0.15, 0.2) is 0 Å². The van der Waals surface area contributed by atoms with E-state index >= 15 is 0 Å². The van der Waals surface area contributed by atoms with Crippen molar-refractivity contribution in [3.8, 4) is 11.5 Å². The fourth-order valence-electron chi connectivity index (χ4n) is 3.24. The van der Waals surface area contributed by atoms with Gasteiger partial charge in [0.1, 0.15) is 11.5 Å². The van der Waals surface area contributed by atoms with Crippen LogP contribution in [0.2, 0.25) is 0 Å². The highest BCUT2D eigenvalue weighted by Crippen LogP contribution is 2.34. The van der Waals surface area contributed by atoms with E-state index in [0.717, 1.165) is 24.0 Å². The van der Waals surface area contributed by atoms with Gasteiger partial charge in [0, 0.05) is 18.2 Å². The van der Waals surface area contributed by atoms with Crippen LogP contribution in [0, 0.1) is 0 Å². The molecule has 1 aromatic rings. The summed E-state index contributed by atoms with van der Waals surface area (Å²) in [5, 5.41) is 22.9. The lowest BCUT2D eigenvalue weighted by Crippen LogP contribution is -2.37. The van der Waals surface area contributed by atoms with E-state index in [1.807, 2.05) is 0 Å². The molecule has 92 valence electrons. The summed E-state index contributed by atoms with van der Waals surface area (Å²) in [5.74, 6) is 0.415. The van der Waals surface area contributed by atoms with Crippen molar-refractivity contribution in [3.05, 3.63) is 23.3 Å². The van der Waals surface area contributed by atoms with E-state index in [0.29, 0.717) is 12.1 Å². The molecule has 0 saturated heterocycles. The summed E-state index contributed by atoms with van der Waals surface area (Å²) in [6.07, 6.45) is 7.05. The van der Waals surface area contributed by atoms with E-state index in [1.165, 1.54) is 31.7 Å². The van der Waals surface area contributed by atoms with Crippen LogP contribution < -0.4 is 5.32 Å². The summed E-state index contributed by atoms with van der Waals surface area (Å²) >= 11 is 0. The molecule has 0 spiro atoms. The first-order chi connectivity index (χ1) is 8.22. The summed E-state index contributed by atoms with van der Waals surface area (Å²) in [6.45, 7) is 0. The first-order valence-electron chi connectivity index (χ1n) is 6.52. The zero-order chi connectivity index (χ0) is 11.8. The first kappa shape index (κ1) is 10.9. The maximum atomic E-state index is 9.80. The second-order valence-corrected chi connectivity index (χ2v) is 5.36. The molecule has 1 fully saturated rings. The lowest BCUT2D eigenvalue weighted by atomic mass is 10.1. The largest absolute Gasteiger partial charge is 0.508 e. The number of aromatic hydroxyl groups is 2. The van der Waals surface area contributed by atoms with Crippen LogP contribution in [0.5, 0.6) is 11.5 Å². The van der Waals surface area contributed by atoms with Crippen LogP contribution in [0.15, 0.2) is 12.1 Å². The quantitative estimate of drug-likeness (QED) is 0.733. The molecule has 0 aromatic heterocycles. The second-order valence-electron chi connectivity index (χ2n) is 5.36. The van der Waals surface area contributed by atoms with Crippen LogP contribution >= 0.6 is 0 Å². The molecule has 0 bridgehead atoms. The van der Waals surface area contributed by atoms with E-state index in [9.17, 15) is 10.2 Å². The van der Waals surface area contributed by atoms with Gasteiger partial charge in [-0.3, -0.25) is 0 Å². The fourth-order valence-corrected chi connectivity index (χ4v) is 3.24. The predicted molar refractivity (Wildman–Crippen MR) is 66.4 cm³/mol. The Morgan fingerprint density at radius 3 is 2.53 bits per heavy atom. The van der Waals surface area contributed by atoms with Gasteiger partial charge in [-0.1, -0.05) is 12.8 Å². The average molecular weight is 233 g/mol. The Labute approximate surface area is 101 Å². The maximum absolute atomic E-state index is 9.80. The molecule has 3 rings (SSSR count). The van der Waals surface area contributed by atoms with Crippen LogP contribution in [-0.4, -0.2) is 22.3 Å². The zero-order valence-corrected chi connectivity index (χ0v) is 9.95. The van der Waals surface area contributed by atoms with Crippen molar-refractivity contribution in [1.82, 2.24) is 5.32 Å². The number of fused-ring (bicyclic) bond motifs is 1. The highest BCUT2D eigenvalue weighted by atomic mass is 16.3. The molecule has 3 nitrogen and oxygen atoms in total. The Balaban J connectivity index is 1.71. The number of phenolic OH excluding ortho intramolecular Hbond substituents is 2. The van der Waals surface area contributed by atoms with Crippen LogP contribution in [0.1, 0.15) is 36.8 Å². The highest BCUT2D eigenvalue weighted by Gasteiger charge is 2.27. The van der Waals surface area contributed by atoms with Crippen LogP contribution in [0.25, 0.3) is 0 Å². The summed E-state index contributed by atoms with van der Waals surface area (Å²) in [6, 6.07) is 4.31. The molecule has 1 aromatic carbocycles. The van der Waals surface area contributed by atoms with Gasteiger partial charge in [-0.25, -0.2) is 0 Å². The minimum atomic E-state index is 0.169. The predicted octanol–water partition coefficient (Wildman–Crippen LogP) is 2.10. The van der Waals surface area contributed by atoms with E-state index in [4.69, 9.17) is 0 Å². The van der Waals surface area contributed by atoms with E-state index in [1.54, 1.807) is 6.07 Å². The standard InChI is InChI=1S/C14H19NO2/c16-12-6-9-5-11(7-13(9)14(17)8-12)15-10-3-1-2-4-10/h6,8,10-11,15-17H,1-5,7H2. The Morgan fingerprint density at radius 2 is 1.76 bits per heavy atom. The zero-order valence-electron chi connectivity index (χ0n) is 9.95. The molecule has 1 atom stereocenters. The van der Waals surface area contributed by atoms with Gasteiger partial charge in [-0.05, 0) is 42.9 Å². The van der Waals surface area contributed by atoms with Gasteiger partial charge >= 0.3 is 0 Å². The summed E-state index contributed by atoms with van der Waals surface area (Å²) in [5.41, 5.74) is 2.11. The molecular weight excluding hydrogens is 214 g/mol. The lowest BCUT2D eigenvalue weighted by molar-refractivity contribution is 0.431. The second kappa shape index (κ2) is 4.22. The highest BCUT2D eigenvalue weighted by molar-refractivity contribution is 5.48. The third-order valence-corrected chi connectivity index (χ3v) is 4.05. The van der Waals surface area contributed by atoms with Crippen molar-refractivity contribution in [2.45, 2.75) is 50.6 Å². The van der Waals surface area contributed by atoms with Crippen molar-refractivity contribution >= 4 is 0 Å². The Bertz CT molecular complexity index is 424. The molecule has 17 heavy (non-hydrogen) atoms. The van der Waals surface area contributed by atoms with Gasteiger partial charge in [0.05, 0.1) is 0 Å². The third kappa shape index (κ3) is 2.12. The Hall–Kier alpha value is -1.22. The van der Waals surface area contributed by atoms with Crippen molar-refractivity contribution in [2.24, 2.45) is 0 Å². The molecule has 0 amide bonds. The third-order valence-electron chi connectivity index (χ3n) is 4.05. The average Bonchev–Trinajstić information content (AvgIpc) is 2.87. The topological polar surface area (TPSA) is 52.5 Å². The van der Waals surface area contributed by atoms with Gasteiger partial charge < -0.3 is 15.5 Å². The minimum absolute atomic E-state index is 0.169. The SMILES string of the molecule is Oc1cc(O)c2c(c1)CC(NC1CCCC1)C2. The molecular formula is C14H19NO2. The molecule has 1 unspecified atom stereocenters. The summed E-state index contributed by atoms with van der Waals surface area (Å²) < 4.78 is 0. The molecule has 0 heterocycles. The van der Waals surface area contributed by atoms with Gasteiger partial charge in [0.2, 0.25) is 0 Å². The van der Waals surface area contributed by atoms with E-state index in [2.05, 4.69) is 5.32 Å². The number of hydrogen-bond acceptors (Lipinski definition) is 3. The Kier molecular flexibility index (Phi) is 2.71. The fraction of sp³-hybridized carbons (Fsp3) is 0.571. The van der Waals surface area contributed by atoms with Crippen LogP contribution in [0.3, 0.4) is 0 Å². The number of benzene rings is 1.